The Balaban J connectivity index is 1.50. The van der Waals surface area contributed by atoms with Crippen LogP contribution in [0.2, 0.25) is 18.6 Å². The number of carbonyl (C=O) groups excluding carboxylic acids is 3. The monoisotopic (exact) mass is 692 g/mol. The quantitative estimate of drug-likeness (QED) is 0.107. The van der Waals surface area contributed by atoms with Crippen LogP contribution < -0.4 is 10.2 Å². The molecule has 3 N–H and O–H groups in total. The third-order valence-corrected chi connectivity index (χ3v) is 11.9. The first-order valence-electron chi connectivity index (χ1n) is 16.2. The standard InChI is InChI=1S/C35H41FN4O8Si/c1-22-32(49(3,4)36)30(19-31(43)38(16-17-41)20-24-8-6-5-7-9-24)48-35(22)28-18-27(40(46)47)14-15-29(28)39(34(35)45)21-25-10-12-26(13-11-25)37-33(44)23(2)42/h5-15,18,22-23,30,32,41-42H,16-17,19-21H2,1-4H3,(H,37,44)/t22-,23+,30+,32-,35+/m1/s1. The van der Waals surface area contributed by atoms with Crippen molar-refractivity contribution >= 4 is 43.2 Å². The van der Waals surface area contributed by atoms with E-state index in [2.05, 4.69) is 5.32 Å². The number of nitrogens with one attached hydrogen (secondary N) is 1. The summed E-state index contributed by atoms with van der Waals surface area (Å²) in [4.78, 5) is 54.6. The maximum Gasteiger partial charge on any atom is 0.269 e. The number of nitro groups is 1. The highest BCUT2D eigenvalue weighted by Gasteiger charge is 2.67. The molecule has 1 fully saturated rings. The maximum absolute atomic E-state index is 16.3. The average Bonchev–Trinajstić information content (AvgIpc) is 3.47. The van der Waals surface area contributed by atoms with Gasteiger partial charge in [-0.15, -0.1) is 0 Å². The second kappa shape index (κ2) is 14.2. The summed E-state index contributed by atoms with van der Waals surface area (Å²) in [7, 11) is -3.65. The minimum Gasteiger partial charge on any atom is -0.395 e. The number of rotatable bonds is 12. The van der Waals surface area contributed by atoms with E-state index in [0.717, 1.165) is 5.56 Å². The van der Waals surface area contributed by atoms with Crippen molar-refractivity contribution in [3.05, 3.63) is 99.6 Å². The molecule has 49 heavy (non-hydrogen) atoms. The molecule has 0 unspecified atom stereocenters. The fourth-order valence-corrected chi connectivity index (χ4v) is 9.64. The average molecular weight is 693 g/mol. The van der Waals surface area contributed by atoms with Crippen LogP contribution >= 0.6 is 0 Å². The molecule has 0 aliphatic carbocycles. The largest absolute Gasteiger partial charge is 0.395 e. The Morgan fingerprint density at radius 3 is 2.39 bits per heavy atom. The van der Waals surface area contributed by atoms with Gasteiger partial charge in [-0.3, -0.25) is 24.5 Å². The fourth-order valence-electron chi connectivity index (χ4n) is 7.15. The zero-order valence-electron chi connectivity index (χ0n) is 27.8. The molecule has 0 aromatic heterocycles. The Hall–Kier alpha value is -4.50. The molecule has 0 saturated carbocycles. The van der Waals surface area contributed by atoms with Crippen molar-refractivity contribution in [1.82, 2.24) is 4.90 Å². The lowest BCUT2D eigenvalue weighted by atomic mass is 9.82. The molecule has 0 bridgehead atoms. The van der Waals surface area contributed by atoms with E-state index in [4.69, 9.17) is 4.74 Å². The van der Waals surface area contributed by atoms with Gasteiger partial charge >= 0.3 is 0 Å². The van der Waals surface area contributed by atoms with Crippen LogP contribution in [0.4, 0.5) is 21.2 Å². The van der Waals surface area contributed by atoms with E-state index < -0.39 is 54.4 Å². The van der Waals surface area contributed by atoms with Crippen LogP contribution in [0.1, 0.15) is 37.0 Å². The Bertz CT molecular complexity index is 1720. The van der Waals surface area contributed by atoms with E-state index in [0.29, 0.717) is 16.9 Å². The summed E-state index contributed by atoms with van der Waals surface area (Å²) in [5, 5.41) is 33.7. The molecule has 3 amide bonds. The molecule has 0 radical (unpaired) electrons. The van der Waals surface area contributed by atoms with Gasteiger partial charge in [0.15, 0.2) is 5.60 Å². The van der Waals surface area contributed by atoms with Gasteiger partial charge in [-0.05, 0) is 49.3 Å². The van der Waals surface area contributed by atoms with Crippen LogP contribution in [0, 0.1) is 16.0 Å². The predicted molar refractivity (Wildman–Crippen MR) is 183 cm³/mol. The highest BCUT2D eigenvalue weighted by Crippen LogP contribution is 2.60. The van der Waals surface area contributed by atoms with Gasteiger partial charge in [-0.2, -0.15) is 0 Å². The number of nitrogens with zero attached hydrogens (tertiary/aromatic N) is 3. The van der Waals surface area contributed by atoms with Gasteiger partial charge in [0, 0.05) is 47.9 Å². The van der Waals surface area contributed by atoms with Crippen LogP contribution in [0.5, 0.6) is 0 Å². The number of carbonyl (C=O) groups is 3. The van der Waals surface area contributed by atoms with Crippen LogP contribution in [-0.4, -0.2) is 71.5 Å². The molecule has 1 spiro atoms. The number of fused-ring (bicyclic) bond motifs is 2. The number of amides is 3. The topological polar surface area (TPSA) is 163 Å². The van der Waals surface area contributed by atoms with E-state index >= 15 is 4.11 Å². The SMILES string of the molecule is C[C@H](O)C(=O)Nc1ccc(CN2C(=O)[C@@]3(O[C@@H](CC(=O)N(CCO)Cc4ccccc4)[C@H]([Si](C)(C)F)[C@H]3C)c3cc([N+](=O)[O-])ccc32)cc1. The van der Waals surface area contributed by atoms with Crippen molar-refractivity contribution < 1.29 is 38.4 Å². The van der Waals surface area contributed by atoms with Crippen LogP contribution in [-0.2, 0) is 37.8 Å². The number of benzene rings is 3. The number of aliphatic hydroxyl groups excluding tert-OH is 2. The van der Waals surface area contributed by atoms with Crippen molar-refractivity contribution in [3.8, 4) is 0 Å². The number of non-ortho nitro benzene ring substituents is 1. The van der Waals surface area contributed by atoms with Gasteiger partial charge in [0.05, 0.1) is 36.3 Å². The summed E-state index contributed by atoms with van der Waals surface area (Å²) in [5.74, 6) is -2.25. The lowest BCUT2D eigenvalue weighted by Crippen LogP contribution is -2.45. The molecule has 5 atom stereocenters. The van der Waals surface area contributed by atoms with Gasteiger partial charge in [0.2, 0.25) is 14.3 Å². The first-order valence-corrected chi connectivity index (χ1v) is 19.1. The van der Waals surface area contributed by atoms with Crippen LogP contribution in [0.25, 0.3) is 0 Å². The molecule has 5 rings (SSSR count). The summed E-state index contributed by atoms with van der Waals surface area (Å²) in [5.41, 5.74) is -0.295. The lowest BCUT2D eigenvalue weighted by Gasteiger charge is -2.31. The second-order valence-electron chi connectivity index (χ2n) is 13.2. The van der Waals surface area contributed by atoms with E-state index in [1.165, 1.54) is 48.0 Å². The minimum atomic E-state index is -3.65. The molecule has 3 aromatic rings. The molecule has 2 heterocycles. The Morgan fingerprint density at radius 2 is 1.80 bits per heavy atom. The third kappa shape index (κ3) is 7.13. The van der Waals surface area contributed by atoms with E-state index in [-0.39, 0.29) is 49.8 Å². The van der Waals surface area contributed by atoms with Crippen molar-refractivity contribution in [1.29, 1.82) is 0 Å². The van der Waals surface area contributed by atoms with Crippen LogP contribution in [0.15, 0.2) is 72.8 Å². The van der Waals surface area contributed by atoms with Crippen molar-refractivity contribution in [2.75, 3.05) is 23.4 Å². The van der Waals surface area contributed by atoms with Gasteiger partial charge in [-0.1, -0.05) is 49.4 Å². The molecule has 12 nitrogen and oxygen atoms in total. The Labute approximate surface area is 284 Å². The summed E-state index contributed by atoms with van der Waals surface area (Å²) in [6.07, 6.45) is -2.46. The highest BCUT2D eigenvalue weighted by atomic mass is 28.4. The first kappa shape index (κ1) is 35.8. The highest BCUT2D eigenvalue weighted by molar-refractivity contribution is 6.72. The molecule has 1 saturated heterocycles. The number of halogens is 1. The predicted octanol–water partition coefficient (Wildman–Crippen LogP) is 4.65. The fraction of sp³-hybridized carbons (Fsp3) is 0.400. The van der Waals surface area contributed by atoms with Crippen molar-refractivity contribution in [3.63, 3.8) is 0 Å². The number of anilines is 2. The third-order valence-electron chi connectivity index (χ3n) is 9.41. The molecule has 3 aromatic carbocycles. The number of nitro benzene ring substituents is 1. The molecule has 2 aliphatic rings. The minimum absolute atomic E-state index is 0.0398. The Kier molecular flexibility index (Phi) is 10.3. The molecule has 260 valence electrons. The molecular formula is C35H41FN4O8Si. The van der Waals surface area contributed by atoms with Gasteiger partial charge in [0.1, 0.15) is 6.10 Å². The summed E-state index contributed by atoms with van der Waals surface area (Å²) in [6.45, 7) is 6.10. The van der Waals surface area contributed by atoms with E-state index in [9.17, 15) is 34.7 Å². The van der Waals surface area contributed by atoms with Gasteiger partial charge in [-0.25, -0.2) is 0 Å². The lowest BCUT2D eigenvalue weighted by molar-refractivity contribution is -0.385. The molecule has 14 heteroatoms. The van der Waals surface area contributed by atoms with E-state index in [1.54, 1.807) is 31.2 Å². The number of hydrogen-bond donors (Lipinski definition) is 3. The first-order chi connectivity index (χ1) is 23.2. The van der Waals surface area contributed by atoms with Crippen molar-refractivity contribution in [2.24, 2.45) is 5.92 Å². The van der Waals surface area contributed by atoms with Gasteiger partial charge < -0.3 is 34.2 Å². The smallest absolute Gasteiger partial charge is 0.269 e. The van der Waals surface area contributed by atoms with E-state index in [1.807, 2.05) is 30.3 Å². The molecule has 2 aliphatic heterocycles. The Morgan fingerprint density at radius 1 is 1.12 bits per heavy atom. The summed E-state index contributed by atoms with van der Waals surface area (Å²) >= 11 is 0. The second-order valence-corrected chi connectivity index (χ2v) is 17.0. The summed E-state index contributed by atoms with van der Waals surface area (Å²) < 4.78 is 23.0. The maximum atomic E-state index is 16.3. The number of ether oxygens (including phenoxy) is 1. The van der Waals surface area contributed by atoms with Crippen molar-refractivity contribution in [2.45, 2.75) is 69.8 Å². The normalized spacial score (nSPS) is 22.2. The molecular weight excluding hydrogens is 651 g/mol. The number of hydrogen-bond acceptors (Lipinski definition) is 8. The summed E-state index contributed by atoms with van der Waals surface area (Å²) in [6, 6.07) is 20.0. The zero-order valence-corrected chi connectivity index (χ0v) is 28.8. The van der Waals surface area contributed by atoms with Crippen LogP contribution in [0.3, 0.4) is 0 Å². The number of aliphatic hydroxyl groups is 2. The van der Waals surface area contributed by atoms with Gasteiger partial charge in [0.25, 0.3) is 17.5 Å². The zero-order chi connectivity index (χ0) is 35.7.